The topological polar surface area (TPSA) is 136 Å². The lowest BCUT2D eigenvalue weighted by Gasteiger charge is -2.13. The van der Waals surface area contributed by atoms with Gasteiger partial charge in [0, 0.05) is 6.20 Å². The minimum atomic E-state index is -1.33. The first-order valence-electron chi connectivity index (χ1n) is 4.99. The van der Waals surface area contributed by atoms with Crippen LogP contribution in [-0.4, -0.2) is 50.2 Å². The number of rotatable bonds is 2. The van der Waals surface area contributed by atoms with E-state index in [4.69, 9.17) is 9.84 Å². The summed E-state index contributed by atoms with van der Waals surface area (Å²) in [5.41, 5.74) is -1.39. The van der Waals surface area contributed by atoms with Crippen LogP contribution in [0.15, 0.2) is 15.8 Å². The summed E-state index contributed by atoms with van der Waals surface area (Å²) in [4.78, 5) is 26.5. The Kier molecular flexibility index (Phi) is 3.11. The maximum absolute atomic E-state index is 11.5. The Morgan fingerprint density at radius 1 is 1.29 bits per heavy atom. The Balaban J connectivity index is 2.35. The summed E-state index contributed by atoms with van der Waals surface area (Å²) in [6.07, 6.45) is -3.54. The quantitative estimate of drug-likeness (QED) is 0.382. The number of ether oxygens (including phenoxy) is 1. The van der Waals surface area contributed by atoms with Gasteiger partial charge in [-0.1, -0.05) is 0 Å². The van der Waals surface area contributed by atoms with Crippen molar-refractivity contribution in [1.29, 1.82) is 0 Å². The summed E-state index contributed by atoms with van der Waals surface area (Å²) in [5.74, 6) is 0. The van der Waals surface area contributed by atoms with Crippen LogP contribution in [0.2, 0.25) is 0 Å². The van der Waals surface area contributed by atoms with E-state index >= 15 is 0 Å². The van der Waals surface area contributed by atoms with Gasteiger partial charge < -0.3 is 25.0 Å². The molecular formula is C9H12N2O6. The summed E-state index contributed by atoms with van der Waals surface area (Å²) in [7, 11) is 0. The molecule has 0 aliphatic carbocycles. The summed E-state index contributed by atoms with van der Waals surface area (Å²) in [6, 6.07) is 0. The SMILES string of the molecule is O=c1[nH]cc([C@H]2O[C@H](CO)[C@@H](O)[C@H]2O)c(=O)[nH]1. The Morgan fingerprint density at radius 2 is 2.00 bits per heavy atom. The molecule has 1 aliphatic heterocycles. The van der Waals surface area contributed by atoms with Crippen LogP contribution in [0.1, 0.15) is 11.7 Å². The highest BCUT2D eigenvalue weighted by molar-refractivity contribution is 5.13. The van der Waals surface area contributed by atoms with Gasteiger partial charge in [0.25, 0.3) is 5.56 Å². The maximum atomic E-state index is 11.5. The molecule has 5 N–H and O–H groups in total. The van der Waals surface area contributed by atoms with E-state index in [1.54, 1.807) is 0 Å². The highest BCUT2D eigenvalue weighted by atomic mass is 16.6. The molecule has 1 aromatic rings. The van der Waals surface area contributed by atoms with Gasteiger partial charge >= 0.3 is 5.69 Å². The van der Waals surface area contributed by atoms with Crippen LogP contribution < -0.4 is 11.2 Å². The lowest BCUT2D eigenvalue weighted by Crippen LogP contribution is -2.34. The van der Waals surface area contributed by atoms with Crippen molar-refractivity contribution in [2.24, 2.45) is 0 Å². The number of aliphatic hydroxyl groups is 3. The van der Waals surface area contributed by atoms with Gasteiger partial charge in [-0.25, -0.2) is 4.79 Å². The van der Waals surface area contributed by atoms with Crippen molar-refractivity contribution in [3.05, 3.63) is 32.6 Å². The van der Waals surface area contributed by atoms with E-state index < -0.39 is 42.3 Å². The van der Waals surface area contributed by atoms with Crippen molar-refractivity contribution in [3.8, 4) is 0 Å². The minimum Gasteiger partial charge on any atom is -0.394 e. The van der Waals surface area contributed by atoms with Crippen LogP contribution >= 0.6 is 0 Å². The Morgan fingerprint density at radius 3 is 2.53 bits per heavy atom. The molecule has 0 aromatic carbocycles. The van der Waals surface area contributed by atoms with E-state index in [9.17, 15) is 19.8 Å². The van der Waals surface area contributed by atoms with Crippen molar-refractivity contribution in [3.63, 3.8) is 0 Å². The second kappa shape index (κ2) is 4.41. The second-order valence-electron chi connectivity index (χ2n) is 3.79. The average Bonchev–Trinajstić information content (AvgIpc) is 2.57. The van der Waals surface area contributed by atoms with Crippen LogP contribution in [0, 0.1) is 0 Å². The number of aromatic nitrogens is 2. The lowest BCUT2D eigenvalue weighted by atomic mass is 10.0. The normalized spacial score (nSPS) is 32.9. The summed E-state index contributed by atoms with van der Waals surface area (Å²) in [5, 5.41) is 28.1. The van der Waals surface area contributed by atoms with Gasteiger partial charge in [-0.05, 0) is 0 Å². The van der Waals surface area contributed by atoms with Crippen LogP contribution in [0.5, 0.6) is 0 Å². The van der Waals surface area contributed by atoms with E-state index in [0.717, 1.165) is 6.20 Å². The predicted octanol–water partition coefficient (Wildman–Crippen LogP) is -2.78. The van der Waals surface area contributed by atoms with Crippen LogP contribution in [0.4, 0.5) is 0 Å². The molecule has 1 saturated heterocycles. The Labute approximate surface area is 94.5 Å². The van der Waals surface area contributed by atoms with Crippen molar-refractivity contribution in [2.45, 2.75) is 24.4 Å². The van der Waals surface area contributed by atoms with Crippen LogP contribution in [0.3, 0.4) is 0 Å². The third-order valence-corrected chi connectivity index (χ3v) is 2.70. The summed E-state index contributed by atoms with van der Waals surface area (Å²) < 4.78 is 5.15. The number of aromatic amines is 2. The molecule has 0 spiro atoms. The van der Waals surface area contributed by atoms with Crippen molar-refractivity contribution >= 4 is 0 Å². The van der Waals surface area contributed by atoms with E-state index in [-0.39, 0.29) is 5.56 Å². The summed E-state index contributed by atoms with van der Waals surface area (Å²) >= 11 is 0. The molecule has 8 heteroatoms. The van der Waals surface area contributed by atoms with Crippen molar-refractivity contribution in [2.75, 3.05) is 6.61 Å². The van der Waals surface area contributed by atoms with E-state index in [2.05, 4.69) is 4.98 Å². The highest BCUT2D eigenvalue weighted by Crippen LogP contribution is 2.31. The molecule has 0 unspecified atom stereocenters. The third-order valence-electron chi connectivity index (χ3n) is 2.70. The fourth-order valence-electron chi connectivity index (χ4n) is 1.79. The molecule has 1 aliphatic rings. The number of aliphatic hydroxyl groups excluding tert-OH is 3. The first kappa shape index (κ1) is 12.0. The van der Waals surface area contributed by atoms with Gasteiger partial charge in [0.2, 0.25) is 0 Å². The number of hydrogen-bond donors (Lipinski definition) is 5. The van der Waals surface area contributed by atoms with E-state index in [0.29, 0.717) is 0 Å². The zero-order chi connectivity index (χ0) is 12.6. The molecule has 0 radical (unpaired) electrons. The monoisotopic (exact) mass is 244 g/mol. The maximum Gasteiger partial charge on any atom is 0.325 e. The van der Waals surface area contributed by atoms with Gasteiger partial charge in [-0.15, -0.1) is 0 Å². The number of nitrogens with one attached hydrogen (secondary N) is 2. The number of H-pyrrole nitrogens is 2. The Bertz CT molecular complexity index is 509. The molecule has 8 nitrogen and oxygen atoms in total. The van der Waals surface area contributed by atoms with Crippen LogP contribution in [0.25, 0.3) is 0 Å². The van der Waals surface area contributed by atoms with E-state index in [1.807, 2.05) is 4.98 Å². The molecule has 0 amide bonds. The first-order chi connectivity index (χ1) is 8.04. The van der Waals surface area contributed by atoms with Crippen molar-refractivity contribution < 1.29 is 20.1 Å². The predicted molar refractivity (Wildman–Crippen MR) is 54.4 cm³/mol. The third kappa shape index (κ3) is 2.03. The minimum absolute atomic E-state index is 0.00731. The number of hydrogen-bond acceptors (Lipinski definition) is 6. The largest absolute Gasteiger partial charge is 0.394 e. The lowest BCUT2D eigenvalue weighted by molar-refractivity contribution is -0.0232. The van der Waals surface area contributed by atoms with Gasteiger partial charge in [0.05, 0.1) is 12.2 Å². The molecule has 1 fully saturated rings. The highest BCUT2D eigenvalue weighted by Gasteiger charge is 2.44. The van der Waals surface area contributed by atoms with Gasteiger partial charge in [-0.3, -0.25) is 9.78 Å². The molecule has 1 aromatic heterocycles. The zero-order valence-electron chi connectivity index (χ0n) is 8.66. The molecular weight excluding hydrogens is 232 g/mol. The smallest absolute Gasteiger partial charge is 0.325 e. The molecule has 0 saturated carbocycles. The molecule has 2 rings (SSSR count). The van der Waals surface area contributed by atoms with Crippen LogP contribution in [-0.2, 0) is 4.74 Å². The molecule has 17 heavy (non-hydrogen) atoms. The zero-order valence-corrected chi connectivity index (χ0v) is 8.66. The van der Waals surface area contributed by atoms with Gasteiger partial charge in [-0.2, -0.15) is 0 Å². The molecule has 4 atom stereocenters. The average molecular weight is 244 g/mol. The fraction of sp³-hybridized carbons (Fsp3) is 0.556. The first-order valence-corrected chi connectivity index (χ1v) is 4.99. The molecule has 94 valence electrons. The molecule has 2 heterocycles. The van der Waals surface area contributed by atoms with Gasteiger partial charge in [0.15, 0.2) is 0 Å². The van der Waals surface area contributed by atoms with Gasteiger partial charge in [0.1, 0.15) is 24.4 Å². The second-order valence-corrected chi connectivity index (χ2v) is 3.79. The summed E-state index contributed by atoms with van der Waals surface area (Å²) in [6.45, 7) is -0.476. The molecule has 0 bridgehead atoms. The fourth-order valence-corrected chi connectivity index (χ4v) is 1.79. The Hall–Kier alpha value is -1.48. The van der Waals surface area contributed by atoms with Crippen molar-refractivity contribution in [1.82, 2.24) is 9.97 Å². The standard InChI is InChI=1S/C9H12N2O6/c12-2-4-5(13)6(14)7(17-4)3-1-10-9(16)11-8(3)15/h1,4-7,12-14H,2H2,(H2,10,11,15,16)/t4-,5-,6-,7-/m1/s1. The van der Waals surface area contributed by atoms with E-state index in [1.165, 1.54) is 0 Å².